The van der Waals surface area contributed by atoms with Crippen LogP contribution >= 0.6 is 11.8 Å². The maximum atomic E-state index is 11.7. The van der Waals surface area contributed by atoms with Crippen molar-refractivity contribution in [1.82, 2.24) is 20.1 Å². The second kappa shape index (κ2) is 7.69. The van der Waals surface area contributed by atoms with Gasteiger partial charge in [0.05, 0.1) is 12.3 Å². The Morgan fingerprint density at radius 1 is 1.50 bits per heavy atom. The number of carbonyl (C=O) groups excluding carboxylic acids is 1. The zero-order chi connectivity index (χ0) is 15.9. The number of benzene rings is 1. The molecular weight excluding hydrogens is 304 g/mol. The monoisotopic (exact) mass is 322 g/mol. The van der Waals surface area contributed by atoms with Gasteiger partial charge in [-0.25, -0.2) is 9.89 Å². The van der Waals surface area contributed by atoms with Gasteiger partial charge in [-0.15, -0.1) is 5.10 Å². The Morgan fingerprint density at radius 3 is 3.00 bits per heavy atom. The van der Waals surface area contributed by atoms with Crippen LogP contribution in [-0.2, 0) is 11.8 Å². The molecule has 0 atom stereocenters. The summed E-state index contributed by atoms with van der Waals surface area (Å²) in [6.45, 7) is 2.82. The van der Waals surface area contributed by atoms with Crippen LogP contribution in [0.4, 0.5) is 0 Å². The number of thioether (sulfide) groups is 1. The summed E-state index contributed by atoms with van der Waals surface area (Å²) in [5.74, 6) is 0.853. The third-order valence-electron chi connectivity index (χ3n) is 2.85. The van der Waals surface area contributed by atoms with Crippen LogP contribution in [0.5, 0.6) is 5.75 Å². The van der Waals surface area contributed by atoms with Crippen molar-refractivity contribution in [2.24, 2.45) is 7.05 Å². The first kappa shape index (κ1) is 16.2. The number of H-pyrrole nitrogens is 1. The minimum absolute atomic E-state index is 0.131. The topological polar surface area (TPSA) is 89.0 Å². The standard InChI is InChI=1S/C14H18N4O3S/c1-10-4-3-5-11(8-10)21-7-6-15-12(19)9-22-14-17-16-13(20)18(14)2/h3-5,8H,6-7,9H2,1-2H3,(H,15,19)(H,16,20). The molecule has 0 unspecified atom stereocenters. The summed E-state index contributed by atoms with van der Waals surface area (Å²) in [6.07, 6.45) is 0. The lowest BCUT2D eigenvalue weighted by molar-refractivity contribution is -0.118. The van der Waals surface area contributed by atoms with Crippen molar-refractivity contribution in [1.29, 1.82) is 0 Å². The minimum atomic E-state index is -0.297. The van der Waals surface area contributed by atoms with Gasteiger partial charge in [-0.1, -0.05) is 23.9 Å². The summed E-state index contributed by atoms with van der Waals surface area (Å²) in [5, 5.41) is 9.37. The molecule has 118 valence electrons. The summed E-state index contributed by atoms with van der Waals surface area (Å²) in [5.41, 5.74) is 0.831. The summed E-state index contributed by atoms with van der Waals surface area (Å²) >= 11 is 1.20. The molecule has 1 heterocycles. The molecule has 1 amide bonds. The van der Waals surface area contributed by atoms with Gasteiger partial charge >= 0.3 is 5.69 Å². The van der Waals surface area contributed by atoms with E-state index in [1.54, 1.807) is 7.05 Å². The van der Waals surface area contributed by atoms with E-state index in [2.05, 4.69) is 15.5 Å². The van der Waals surface area contributed by atoms with E-state index in [1.807, 2.05) is 31.2 Å². The average Bonchev–Trinajstić information content (AvgIpc) is 2.81. The molecule has 0 aliphatic heterocycles. The molecule has 7 nitrogen and oxygen atoms in total. The Kier molecular flexibility index (Phi) is 5.65. The van der Waals surface area contributed by atoms with E-state index in [4.69, 9.17) is 4.74 Å². The molecule has 0 fully saturated rings. The fourth-order valence-corrected chi connectivity index (χ4v) is 2.46. The van der Waals surface area contributed by atoms with Gasteiger partial charge in [-0.2, -0.15) is 0 Å². The van der Waals surface area contributed by atoms with E-state index in [1.165, 1.54) is 16.3 Å². The van der Waals surface area contributed by atoms with Crippen LogP contribution in [-0.4, -0.2) is 39.6 Å². The molecule has 0 radical (unpaired) electrons. The van der Waals surface area contributed by atoms with Gasteiger partial charge in [-0.05, 0) is 24.6 Å². The number of aromatic amines is 1. The van der Waals surface area contributed by atoms with Crippen LogP contribution < -0.4 is 15.7 Å². The maximum absolute atomic E-state index is 11.7. The Labute approximate surface area is 132 Å². The number of nitrogens with zero attached hydrogens (tertiary/aromatic N) is 2. The van der Waals surface area contributed by atoms with Gasteiger partial charge in [0.1, 0.15) is 12.4 Å². The van der Waals surface area contributed by atoms with Crippen molar-refractivity contribution in [2.75, 3.05) is 18.9 Å². The van der Waals surface area contributed by atoms with Gasteiger partial charge in [0.2, 0.25) is 5.91 Å². The third kappa shape index (κ3) is 4.66. The summed E-state index contributed by atoms with van der Waals surface area (Å²) in [6, 6.07) is 7.74. The lowest BCUT2D eigenvalue weighted by Gasteiger charge is -2.08. The smallest absolute Gasteiger partial charge is 0.343 e. The Balaban J connectivity index is 1.66. The predicted molar refractivity (Wildman–Crippen MR) is 84.2 cm³/mol. The average molecular weight is 322 g/mol. The van der Waals surface area contributed by atoms with Crippen molar-refractivity contribution < 1.29 is 9.53 Å². The largest absolute Gasteiger partial charge is 0.492 e. The fraction of sp³-hybridized carbons (Fsp3) is 0.357. The summed E-state index contributed by atoms with van der Waals surface area (Å²) in [4.78, 5) is 22.9. The van der Waals surface area contributed by atoms with E-state index in [0.29, 0.717) is 18.3 Å². The molecule has 22 heavy (non-hydrogen) atoms. The molecule has 0 aliphatic carbocycles. The molecule has 0 spiro atoms. The normalized spacial score (nSPS) is 10.5. The highest BCUT2D eigenvalue weighted by Crippen LogP contribution is 2.12. The maximum Gasteiger partial charge on any atom is 0.343 e. The highest BCUT2D eigenvalue weighted by atomic mass is 32.2. The number of aryl methyl sites for hydroxylation is 1. The van der Waals surface area contributed by atoms with Crippen molar-refractivity contribution >= 4 is 17.7 Å². The Hall–Kier alpha value is -2.22. The molecule has 0 aliphatic rings. The van der Waals surface area contributed by atoms with E-state index in [0.717, 1.165) is 11.3 Å². The van der Waals surface area contributed by atoms with E-state index < -0.39 is 0 Å². The van der Waals surface area contributed by atoms with Gasteiger partial charge in [0, 0.05) is 7.05 Å². The Morgan fingerprint density at radius 2 is 2.32 bits per heavy atom. The molecule has 1 aromatic heterocycles. The van der Waals surface area contributed by atoms with E-state index in [9.17, 15) is 9.59 Å². The number of rotatable bonds is 7. The number of carbonyl (C=O) groups is 1. The molecule has 0 bridgehead atoms. The number of hydrogen-bond acceptors (Lipinski definition) is 5. The van der Waals surface area contributed by atoms with Crippen molar-refractivity contribution in [3.63, 3.8) is 0 Å². The van der Waals surface area contributed by atoms with Crippen molar-refractivity contribution in [3.8, 4) is 5.75 Å². The number of ether oxygens (including phenoxy) is 1. The quantitative estimate of drug-likeness (QED) is 0.579. The molecule has 1 aromatic carbocycles. The van der Waals surface area contributed by atoms with E-state index in [-0.39, 0.29) is 17.3 Å². The van der Waals surface area contributed by atoms with Crippen LogP contribution in [0.2, 0.25) is 0 Å². The molecule has 2 N–H and O–H groups in total. The second-order valence-electron chi connectivity index (χ2n) is 4.67. The SMILES string of the molecule is Cc1cccc(OCCNC(=O)CSc2n[nH]c(=O)n2C)c1. The first-order chi connectivity index (χ1) is 10.6. The van der Waals surface area contributed by atoms with Crippen LogP contribution in [0.3, 0.4) is 0 Å². The molecule has 8 heteroatoms. The lowest BCUT2D eigenvalue weighted by atomic mass is 10.2. The lowest BCUT2D eigenvalue weighted by Crippen LogP contribution is -2.29. The number of hydrogen-bond donors (Lipinski definition) is 2. The van der Waals surface area contributed by atoms with Crippen molar-refractivity contribution in [2.45, 2.75) is 12.1 Å². The highest BCUT2D eigenvalue weighted by Gasteiger charge is 2.08. The van der Waals surface area contributed by atoms with Gasteiger partial charge < -0.3 is 10.1 Å². The molecule has 0 saturated heterocycles. The van der Waals surface area contributed by atoms with Crippen LogP contribution in [0.15, 0.2) is 34.2 Å². The minimum Gasteiger partial charge on any atom is -0.492 e. The zero-order valence-corrected chi connectivity index (χ0v) is 13.3. The molecule has 0 saturated carbocycles. The summed E-state index contributed by atoms with van der Waals surface area (Å²) < 4.78 is 6.90. The van der Waals surface area contributed by atoms with E-state index >= 15 is 0 Å². The number of nitrogens with one attached hydrogen (secondary N) is 2. The fourth-order valence-electron chi connectivity index (χ4n) is 1.71. The summed E-state index contributed by atoms with van der Waals surface area (Å²) in [7, 11) is 1.60. The predicted octanol–water partition coefficient (Wildman–Crippen LogP) is 0.704. The first-order valence-corrected chi connectivity index (χ1v) is 7.75. The second-order valence-corrected chi connectivity index (χ2v) is 5.62. The number of aromatic nitrogens is 3. The Bertz CT molecular complexity index is 695. The van der Waals surface area contributed by atoms with Crippen molar-refractivity contribution in [3.05, 3.63) is 40.3 Å². The molecule has 2 rings (SSSR count). The molecular formula is C14H18N4O3S. The van der Waals surface area contributed by atoms with Gasteiger partial charge in [0.15, 0.2) is 5.16 Å². The van der Waals surface area contributed by atoms with Crippen LogP contribution in [0, 0.1) is 6.92 Å². The highest BCUT2D eigenvalue weighted by molar-refractivity contribution is 7.99. The van der Waals surface area contributed by atoms with Crippen LogP contribution in [0.25, 0.3) is 0 Å². The first-order valence-electron chi connectivity index (χ1n) is 6.76. The zero-order valence-electron chi connectivity index (χ0n) is 12.5. The molecule has 2 aromatic rings. The number of amides is 1. The van der Waals surface area contributed by atoms with Crippen LogP contribution in [0.1, 0.15) is 5.56 Å². The van der Waals surface area contributed by atoms with Gasteiger partial charge in [-0.3, -0.25) is 9.36 Å². The van der Waals surface area contributed by atoms with Gasteiger partial charge in [0.25, 0.3) is 0 Å². The third-order valence-corrected chi connectivity index (χ3v) is 3.88.